The Balaban J connectivity index is 0.000000265. The van der Waals surface area contributed by atoms with Gasteiger partial charge in [0.2, 0.25) is 0 Å². The fraction of sp³-hybridized carbons (Fsp3) is 0.500. The van der Waals surface area contributed by atoms with E-state index < -0.39 is 10.6 Å². The standard InChI is InChI=1S/C8H12.C2F3O.Rh/c1-2-4-6-8-7-5-3-1;3-2(4,5)1-6;/h1-4H,5-8H2;;. The second kappa shape index (κ2) is 7.80. The molecule has 88 valence electrons. The van der Waals surface area contributed by atoms with Crippen LogP contribution >= 0.6 is 0 Å². The van der Waals surface area contributed by atoms with Crippen molar-refractivity contribution in [2.24, 2.45) is 0 Å². The van der Waals surface area contributed by atoms with Crippen molar-refractivity contribution in [3.05, 3.63) is 24.3 Å². The molecule has 0 heterocycles. The van der Waals surface area contributed by atoms with Crippen LogP contribution in [0.25, 0.3) is 0 Å². The number of hydrogen-bond acceptors (Lipinski definition) is 1. The molecule has 1 nitrogen and oxygen atoms in total. The first kappa shape index (κ1) is 14.6. The van der Waals surface area contributed by atoms with Crippen LogP contribution in [0.2, 0.25) is 0 Å². The van der Waals surface area contributed by atoms with E-state index >= 15 is 0 Å². The molecule has 0 aromatic rings. The Hall–Kier alpha value is -0.437. The molecule has 15 heavy (non-hydrogen) atoms. The van der Waals surface area contributed by atoms with E-state index in [1.54, 1.807) is 0 Å². The van der Waals surface area contributed by atoms with E-state index in [0.29, 0.717) is 0 Å². The van der Waals surface area contributed by atoms with Crippen molar-refractivity contribution in [2.75, 3.05) is 0 Å². The predicted molar refractivity (Wildman–Crippen MR) is 47.8 cm³/mol. The van der Waals surface area contributed by atoms with Gasteiger partial charge in [-0.15, -0.1) is 0 Å². The summed E-state index contributed by atoms with van der Waals surface area (Å²) in [6, 6.07) is 0. The minimum absolute atomic E-state index is 1.22. The average molecular weight is 308 g/mol. The van der Waals surface area contributed by atoms with Gasteiger partial charge in [0, 0.05) is 0 Å². The predicted octanol–water partition coefficient (Wildman–Crippen LogP) is 3.29. The number of halogens is 3. The fourth-order valence-corrected chi connectivity index (χ4v) is 0.874. The second-order valence-electron chi connectivity index (χ2n) is 2.89. The summed E-state index contributed by atoms with van der Waals surface area (Å²) in [4.78, 5) is 9.29. The van der Waals surface area contributed by atoms with Crippen LogP contribution in [0.5, 0.6) is 0 Å². The summed E-state index contributed by atoms with van der Waals surface area (Å²) < 4.78 is 30.5. The van der Waals surface area contributed by atoms with Gasteiger partial charge in [-0.25, -0.2) is 0 Å². The molecule has 0 spiro atoms. The molecule has 0 aromatic heterocycles. The third kappa shape index (κ3) is 9.86. The van der Waals surface area contributed by atoms with Crippen molar-refractivity contribution in [3.63, 3.8) is 0 Å². The average Bonchev–Trinajstić information content (AvgIpc) is 2.01. The molecule has 0 saturated carbocycles. The Morgan fingerprint density at radius 1 is 1.07 bits per heavy atom. The van der Waals surface area contributed by atoms with Crippen LogP contribution in [0.4, 0.5) is 13.2 Å². The molecular formula is C10H12F3ORh. The summed E-state index contributed by atoms with van der Waals surface area (Å²) in [5, 5.41) is 0. The first-order valence-corrected chi connectivity index (χ1v) is 5.32. The van der Waals surface area contributed by atoms with E-state index in [1.165, 1.54) is 44.0 Å². The first-order valence-electron chi connectivity index (χ1n) is 4.50. The number of hydrogen-bond donors (Lipinski definition) is 0. The normalized spacial score (nSPS) is 16.1. The summed E-state index contributed by atoms with van der Waals surface area (Å²) in [6.07, 6.45) is 9.31. The molecule has 0 aliphatic heterocycles. The van der Waals surface area contributed by atoms with E-state index in [0.717, 1.165) is 0 Å². The molecule has 1 rings (SSSR count). The van der Waals surface area contributed by atoms with Crippen LogP contribution in [0.3, 0.4) is 0 Å². The maximum atomic E-state index is 10.8. The third-order valence-electron chi connectivity index (χ3n) is 1.59. The Kier molecular flexibility index (Phi) is 7.58. The van der Waals surface area contributed by atoms with Gasteiger partial charge in [-0.2, -0.15) is 0 Å². The van der Waals surface area contributed by atoms with Gasteiger partial charge in [0.25, 0.3) is 0 Å². The van der Waals surface area contributed by atoms with Gasteiger partial charge in [0.15, 0.2) is 0 Å². The Labute approximate surface area is 97.1 Å². The van der Waals surface area contributed by atoms with E-state index in [1.807, 2.05) is 0 Å². The number of allylic oxidation sites excluding steroid dienone is 4. The van der Waals surface area contributed by atoms with Crippen LogP contribution in [0.15, 0.2) is 24.3 Å². The first-order chi connectivity index (χ1) is 6.94. The van der Waals surface area contributed by atoms with Gasteiger partial charge in [0.1, 0.15) is 0 Å². The molecule has 0 N–H and O–H groups in total. The molecule has 0 atom stereocenters. The number of carbonyl (C=O) groups excluding carboxylic acids is 1. The van der Waals surface area contributed by atoms with Crippen molar-refractivity contribution in [3.8, 4) is 0 Å². The van der Waals surface area contributed by atoms with Crippen molar-refractivity contribution in [2.45, 2.75) is 31.9 Å². The van der Waals surface area contributed by atoms with Crippen LogP contribution in [-0.4, -0.2) is 10.6 Å². The van der Waals surface area contributed by atoms with Crippen LogP contribution in [0.1, 0.15) is 25.7 Å². The molecule has 0 unspecified atom stereocenters. The molecule has 1 aliphatic rings. The summed E-state index contributed by atoms with van der Waals surface area (Å²) in [7, 11) is 0. The molecule has 0 saturated heterocycles. The Morgan fingerprint density at radius 3 is 1.67 bits per heavy atom. The van der Waals surface area contributed by atoms with E-state index in [2.05, 4.69) is 24.3 Å². The Morgan fingerprint density at radius 2 is 1.40 bits per heavy atom. The summed E-state index contributed by atoms with van der Waals surface area (Å²) in [6.45, 7) is 0. The minimum atomic E-state index is -4.69. The molecular weight excluding hydrogens is 296 g/mol. The number of rotatable bonds is 0. The second-order valence-corrected chi connectivity index (χ2v) is 3.64. The zero-order valence-corrected chi connectivity index (χ0v) is 9.65. The van der Waals surface area contributed by atoms with Crippen molar-refractivity contribution < 1.29 is 36.3 Å². The van der Waals surface area contributed by atoms with Gasteiger partial charge in [-0.05, 0) is 25.7 Å². The SMILES string of the molecule is C1=CCCCCC=C1.O=[C]([Rh])C(F)(F)F. The van der Waals surface area contributed by atoms with Gasteiger partial charge < -0.3 is 0 Å². The summed E-state index contributed by atoms with van der Waals surface area (Å²) in [5.41, 5.74) is 0. The molecule has 0 bridgehead atoms. The maximum absolute atomic E-state index is 10.8. The van der Waals surface area contributed by atoms with Gasteiger partial charge in [0.05, 0.1) is 0 Å². The summed E-state index contributed by atoms with van der Waals surface area (Å²) >= 11 is 1.22. The van der Waals surface area contributed by atoms with Crippen LogP contribution in [0, 0.1) is 0 Å². The summed E-state index contributed by atoms with van der Waals surface area (Å²) in [5.74, 6) is 0. The van der Waals surface area contributed by atoms with Gasteiger partial charge in [-0.3, -0.25) is 0 Å². The number of alkyl halides is 3. The van der Waals surface area contributed by atoms with Gasteiger partial charge >= 0.3 is 46.8 Å². The van der Waals surface area contributed by atoms with E-state index in [-0.39, 0.29) is 0 Å². The quantitative estimate of drug-likeness (QED) is 0.628. The molecule has 0 aromatic carbocycles. The van der Waals surface area contributed by atoms with E-state index in [4.69, 9.17) is 0 Å². The molecule has 1 aliphatic carbocycles. The zero-order valence-electron chi connectivity index (χ0n) is 8.01. The Bertz CT molecular complexity index is 230. The monoisotopic (exact) mass is 308 g/mol. The zero-order chi connectivity index (χ0) is 11.7. The molecule has 0 radical (unpaired) electrons. The van der Waals surface area contributed by atoms with Crippen LogP contribution < -0.4 is 0 Å². The fourth-order valence-electron chi connectivity index (χ4n) is 0.874. The van der Waals surface area contributed by atoms with Crippen molar-refractivity contribution in [1.82, 2.24) is 0 Å². The van der Waals surface area contributed by atoms with Gasteiger partial charge in [-0.1, -0.05) is 24.3 Å². The third-order valence-corrected chi connectivity index (χ3v) is 2.05. The van der Waals surface area contributed by atoms with Crippen molar-refractivity contribution >= 4 is 4.38 Å². The molecule has 0 amide bonds. The van der Waals surface area contributed by atoms with Crippen LogP contribution in [-0.2, 0) is 23.1 Å². The van der Waals surface area contributed by atoms with Crippen molar-refractivity contribution in [1.29, 1.82) is 0 Å². The molecule has 0 fully saturated rings. The topological polar surface area (TPSA) is 17.1 Å². The number of carbonyl (C=O) groups is 1. The van der Waals surface area contributed by atoms with E-state index in [9.17, 15) is 18.0 Å². The molecule has 5 heteroatoms.